The number of halogens is 3. The maximum absolute atomic E-state index is 13.1. The van der Waals surface area contributed by atoms with Crippen LogP contribution in [-0.4, -0.2) is 45.5 Å². The van der Waals surface area contributed by atoms with Crippen LogP contribution in [0.15, 0.2) is 0 Å². The number of hydrogen-bond acceptors (Lipinski definition) is 5. The van der Waals surface area contributed by atoms with Gasteiger partial charge in [0.25, 0.3) is 0 Å². The van der Waals surface area contributed by atoms with Gasteiger partial charge >= 0.3 is 19.4 Å². The predicted molar refractivity (Wildman–Crippen MR) is 85.1 cm³/mol. The molecule has 2 heterocycles. The van der Waals surface area contributed by atoms with E-state index in [0.29, 0.717) is 4.68 Å². The highest BCUT2D eigenvalue weighted by Crippen LogP contribution is 2.38. The van der Waals surface area contributed by atoms with Crippen molar-refractivity contribution in [3.63, 3.8) is 0 Å². The molecule has 0 aliphatic carbocycles. The summed E-state index contributed by atoms with van der Waals surface area (Å²) in [6.45, 7) is 7.71. The summed E-state index contributed by atoms with van der Waals surface area (Å²) in [5, 5.41) is 24.0. The molecule has 1 amide bonds. The predicted octanol–water partition coefficient (Wildman–Crippen LogP) is 2.27. The molecule has 1 aliphatic heterocycles. The number of nitriles is 1. The Morgan fingerprint density at radius 2 is 1.85 bits per heavy atom. The number of nitrogens with one attached hydrogen (secondary N) is 1. The van der Waals surface area contributed by atoms with Crippen molar-refractivity contribution in [2.75, 3.05) is 5.32 Å². The van der Waals surface area contributed by atoms with E-state index in [-0.39, 0.29) is 11.2 Å². The molecule has 1 aliphatic rings. The van der Waals surface area contributed by atoms with Gasteiger partial charge in [-0.3, -0.25) is 5.32 Å². The highest BCUT2D eigenvalue weighted by atomic mass is 19.4. The Morgan fingerprint density at radius 3 is 2.23 bits per heavy atom. The molecular formula is C14H18BF3N4O4. The van der Waals surface area contributed by atoms with Gasteiger partial charge in [-0.1, -0.05) is 0 Å². The largest absolute Gasteiger partial charge is 0.517 e. The molecule has 8 nitrogen and oxygen atoms in total. The van der Waals surface area contributed by atoms with Crippen LogP contribution < -0.4 is 10.9 Å². The first-order chi connectivity index (χ1) is 11.7. The van der Waals surface area contributed by atoms with Gasteiger partial charge in [0.2, 0.25) is 0 Å². The van der Waals surface area contributed by atoms with Crippen LogP contribution >= 0.6 is 0 Å². The SMILES string of the molecule is C[C@H](n1nc(B2OC(C)(C)C(C)(C)O2)c(C#N)c1NC(=O)O)C(F)(F)F. The van der Waals surface area contributed by atoms with Crippen LogP contribution in [0.25, 0.3) is 0 Å². The van der Waals surface area contributed by atoms with Gasteiger partial charge < -0.3 is 14.4 Å². The number of anilines is 1. The van der Waals surface area contributed by atoms with Crippen LogP contribution in [0.3, 0.4) is 0 Å². The zero-order chi connectivity index (χ0) is 20.1. The number of nitrogens with zero attached hydrogens (tertiary/aromatic N) is 3. The van der Waals surface area contributed by atoms with Gasteiger partial charge in [0, 0.05) is 0 Å². The number of carboxylic acid groups (broad SMARTS) is 1. The van der Waals surface area contributed by atoms with Crippen LogP contribution in [-0.2, 0) is 9.31 Å². The average Bonchev–Trinajstić information content (AvgIpc) is 2.91. The minimum absolute atomic E-state index is 0.217. The minimum atomic E-state index is -4.71. The van der Waals surface area contributed by atoms with Crippen molar-refractivity contribution in [2.45, 2.75) is 58.0 Å². The summed E-state index contributed by atoms with van der Waals surface area (Å²) in [6, 6.07) is -0.482. The number of aromatic nitrogens is 2. The van der Waals surface area contributed by atoms with Gasteiger partial charge in [0.1, 0.15) is 23.3 Å². The normalized spacial score (nSPS) is 19.9. The fourth-order valence-electron chi connectivity index (χ4n) is 2.32. The van der Waals surface area contributed by atoms with Gasteiger partial charge in [0.05, 0.1) is 11.2 Å². The van der Waals surface area contributed by atoms with Crippen LogP contribution in [0.2, 0.25) is 0 Å². The van der Waals surface area contributed by atoms with E-state index in [9.17, 15) is 23.2 Å². The lowest BCUT2D eigenvalue weighted by Gasteiger charge is -2.32. The molecular weight excluding hydrogens is 356 g/mol. The van der Waals surface area contributed by atoms with Crippen molar-refractivity contribution in [3.05, 3.63) is 5.56 Å². The van der Waals surface area contributed by atoms with Gasteiger partial charge in [0.15, 0.2) is 5.82 Å². The second-order valence-electron chi connectivity index (χ2n) is 6.90. The van der Waals surface area contributed by atoms with E-state index in [2.05, 4.69) is 5.10 Å². The van der Waals surface area contributed by atoms with Crippen molar-refractivity contribution in [3.8, 4) is 6.07 Å². The van der Waals surface area contributed by atoms with E-state index < -0.39 is 42.4 Å². The van der Waals surface area contributed by atoms with Gasteiger partial charge in [-0.2, -0.15) is 23.5 Å². The molecule has 2 rings (SSSR count). The highest BCUT2D eigenvalue weighted by molar-refractivity contribution is 6.62. The third kappa shape index (κ3) is 3.36. The molecule has 0 unspecified atom stereocenters. The van der Waals surface area contributed by atoms with Gasteiger partial charge in [-0.15, -0.1) is 0 Å². The molecule has 0 aromatic carbocycles. The Morgan fingerprint density at radius 1 is 1.35 bits per heavy atom. The minimum Gasteiger partial charge on any atom is -0.465 e. The highest BCUT2D eigenvalue weighted by Gasteiger charge is 2.54. The van der Waals surface area contributed by atoms with Gasteiger partial charge in [-0.25, -0.2) is 9.48 Å². The summed E-state index contributed by atoms with van der Waals surface area (Å²) >= 11 is 0. The number of alkyl halides is 3. The molecule has 26 heavy (non-hydrogen) atoms. The van der Waals surface area contributed by atoms with Crippen LogP contribution in [0.4, 0.5) is 23.8 Å². The van der Waals surface area contributed by atoms with E-state index in [1.807, 2.05) is 5.32 Å². The maximum Gasteiger partial charge on any atom is 0.517 e. The molecule has 1 aromatic heterocycles. The average molecular weight is 374 g/mol. The Bertz CT molecular complexity index is 753. The first kappa shape index (κ1) is 20.1. The molecule has 0 bridgehead atoms. The standard InChI is InChI=1S/C14H18BF3N4O4/c1-7(14(16,17)18)22-10(20-11(23)24)8(6-19)9(21-22)15-25-12(2,3)13(4,5)26-15/h7,20H,1-5H3,(H,23,24)/t7-/m0/s1. The molecule has 0 spiro atoms. The van der Waals surface area contributed by atoms with Crippen molar-refractivity contribution < 1.29 is 32.4 Å². The number of rotatable bonds is 3. The summed E-state index contributed by atoms with van der Waals surface area (Å²) < 4.78 is 51.3. The zero-order valence-electron chi connectivity index (χ0n) is 14.8. The molecule has 142 valence electrons. The number of amides is 1. The third-order valence-electron chi connectivity index (χ3n) is 4.59. The summed E-state index contributed by atoms with van der Waals surface area (Å²) in [4.78, 5) is 11.0. The molecule has 12 heteroatoms. The van der Waals surface area contributed by atoms with E-state index in [4.69, 9.17) is 14.4 Å². The van der Waals surface area contributed by atoms with E-state index >= 15 is 0 Å². The summed E-state index contributed by atoms with van der Waals surface area (Å²) in [6.07, 6.45) is -6.33. The first-order valence-electron chi connectivity index (χ1n) is 7.66. The summed E-state index contributed by atoms with van der Waals surface area (Å²) in [5.41, 5.74) is -2.23. The lowest BCUT2D eigenvalue weighted by molar-refractivity contribution is -0.164. The lowest BCUT2D eigenvalue weighted by Crippen LogP contribution is -2.41. The molecule has 1 saturated heterocycles. The van der Waals surface area contributed by atoms with Crippen LogP contribution in [0.5, 0.6) is 0 Å². The Labute approximate surface area is 148 Å². The third-order valence-corrected chi connectivity index (χ3v) is 4.59. The number of hydrogen-bond donors (Lipinski definition) is 2. The van der Waals surface area contributed by atoms with E-state index in [1.54, 1.807) is 33.8 Å². The quantitative estimate of drug-likeness (QED) is 0.786. The van der Waals surface area contributed by atoms with Crippen LogP contribution in [0, 0.1) is 11.3 Å². The van der Waals surface area contributed by atoms with Crippen molar-refractivity contribution in [2.24, 2.45) is 0 Å². The second kappa shape index (κ2) is 6.17. The second-order valence-corrected chi connectivity index (χ2v) is 6.90. The van der Waals surface area contributed by atoms with Crippen molar-refractivity contribution in [1.82, 2.24) is 9.78 Å². The molecule has 0 radical (unpaired) electrons. The monoisotopic (exact) mass is 374 g/mol. The van der Waals surface area contributed by atoms with Gasteiger partial charge in [-0.05, 0) is 34.6 Å². The molecule has 1 atom stereocenters. The summed E-state index contributed by atoms with van der Waals surface area (Å²) in [5.74, 6) is -0.588. The molecule has 2 N–H and O–H groups in total. The topological polar surface area (TPSA) is 109 Å². The molecule has 1 aromatic rings. The van der Waals surface area contributed by atoms with E-state index in [0.717, 1.165) is 6.92 Å². The fraction of sp³-hybridized carbons (Fsp3) is 0.643. The van der Waals surface area contributed by atoms with Crippen molar-refractivity contribution in [1.29, 1.82) is 5.26 Å². The maximum atomic E-state index is 13.1. The Kier molecular flexibility index (Phi) is 4.76. The van der Waals surface area contributed by atoms with Crippen LogP contribution in [0.1, 0.15) is 46.2 Å². The Balaban J connectivity index is 2.60. The number of carbonyl (C=O) groups is 1. The first-order valence-corrected chi connectivity index (χ1v) is 7.66. The van der Waals surface area contributed by atoms with E-state index in [1.165, 1.54) is 0 Å². The Hall–Kier alpha value is -2.26. The molecule has 1 fully saturated rings. The lowest BCUT2D eigenvalue weighted by atomic mass is 9.82. The fourth-order valence-corrected chi connectivity index (χ4v) is 2.32. The zero-order valence-corrected chi connectivity index (χ0v) is 14.8. The summed E-state index contributed by atoms with van der Waals surface area (Å²) in [7, 11) is -1.22. The smallest absolute Gasteiger partial charge is 0.465 e. The molecule has 0 saturated carbocycles. The van der Waals surface area contributed by atoms with Crippen molar-refractivity contribution >= 4 is 24.6 Å².